The molecule has 3 amide bonds. The second kappa shape index (κ2) is 8.63. The van der Waals surface area contributed by atoms with Crippen molar-refractivity contribution in [3.8, 4) is 0 Å². The molecule has 4 saturated carbocycles. The van der Waals surface area contributed by atoms with Gasteiger partial charge in [0.2, 0.25) is 0 Å². The predicted octanol–water partition coefficient (Wildman–Crippen LogP) is 3.16. The summed E-state index contributed by atoms with van der Waals surface area (Å²) in [6.45, 7) is 0.362. The van der Waals surface area contributed by atoms with Crippen molar-refractivity contribution in [1.29, 1.82) is 0 Å². The first-order chi connectivity index (χ1) is 14.3. The first-order valence-electron chi connectivity index (χ1n) is 10.3. The molecule has 4 fully saturated rings. The molecule has 4 N–H and O–H groups in total. The second-order valence-electron chi connectivity index (χ2n) is 8.71. The molecule has 0 heterocycles. The number of carbonyl (C=O) groups excluding carboxylic acids is 2. The number of hydrogen-bond donors (Lipinski definition) is 4. The fourth-order valence-corrected chi connectivity index (χ4v) is 6.38. The topological polar surface area (TPSA) is 108 Å². The number of nitrogens with one attached hydrogen (secondary N) is 3. The summed E-state index contributed by atoms with van der Waals surface area (Å²) in [6, 6.07) is 2.83. The zero-order chi connectivity index (χ0) is 21.4. The molecule has 6 atom stereocenters. The standard InChI is InChI=1S/C21H25Cl2N3O4/c22-15-2-1-3-16(23)18(15)19(27)26-17(20(28)29)9-25-21(30)24-8-14-12-5-10-4-11(7-12)13(14)6-10/h1-3,10-14,17H,4-9H2,(H,26,27)(H,28,29)(H2,24,25,30)/t10?,11?,12?,13?,14-,17+/m1/s1. The van der Waals surface area contributed by atoms with Gasteiger partial charge >= 0.3 is 12.0 Å². The minimum absolute atomic E-state index is 0.00249. The Kier molecular flexibility index (Phi) is 6.11. The van der Waals surface area contributed by atoms with Gasteiger partial charge in [-0.05, 0) is 67.4 Å². The Morgan fingerprint density at radius 1 is 1.03 bits per heavy atom. The molecule has 0 aliphatic heterocycles. The van der Waals surface area contributed by atoms with Gasteiger partial charge in [-0.2, -0.15) is 0 Å². The van der Waals surface area contributed by atoms with Crippen LogP contribution in [0.2, 0.25) is 10.0 Å². The molecule has 4 aliphatic carbocycles. The molecule has 4 unspecified atom stereocenters. The van der Waals surface area contributed by atoms with Gasteiger partial charge in [0.15, 0.2) is 0 Å². The van der Waals surface area contributed by atoms with E-state index in [0.717, 1.165) is 17.8 Å². The van der Waals surface area contributed by atoms with Crippen molar-refractivity contribution in [3.05, 3.63) is 33.8 Å². The van der Waals surface area contributed by atoms with Crippen molar-refractivity contribution in [1.82, 2.24) is 16.0 Å². The van der Waals surface area contributed by atoms with Crippen molar-refractivity contribution in [2.45, 2.75) is 31.7 Å². The van der Waals surface area contributed by atoms with Crippen molar-refractivity contribution in [2.24, 2.45) is 29.6 Å². The van der Waals surface area contributed by atoms with Gasteiger partial charge in [0.25, 0.3) is 5.91 Å². The third kappa shape index (κ3) is 4.23. The highest BCUT2D eigenvalue weighted by atomic mass is 35.5. The molecule has 4 aliphatic rings. The maximum atomic E-state index is 12.4. The Morgan fingerprint density at radius 3 is 2.40 bits per heavy atom. The summed E-state index contributed by atoms with van der Waals surface area (Å²) in [4.78, 5) is 36.2. The van der Waals surface area contributed by atoms with E-state index in [1.165, 1.54) is 37.8 Å². The van der Waals surface area contributed by atoms with Crippen LogP contribution >= 0.6 is 23.2 Å². The van der Waals surface area contributed by atoms with E-state index in [2.05, 4.69) is 16.0 Å². The Morgan fingerprint density at radius 2 is 1.73 bits per heavy atom. The lowest BCUT2D eigenvalue weighted by atomic mass is 9.75. The van der Waals surface area contributed by atoms with Crippen molar-refractivity contribution < 1.29 is 19.5 Å². The van der Waals surface area contributed by atoms with Crippen LogP contribution in [0.1, 0.15) is 36.0 Å². The molecule has 162 valence electrons. The van der Waals surface area contributed by atoms with E-state index in [-0.39, 0.29) is 22.2 Å². The number of carboxylic acid groups (broad SMARTS) is 1. The molecule has 0 saturated heterocycles. The van der Waals surface area contributed by atoms with Crippen molar-refractivity contribution >= 4 is 41.1 Å². The highest BCUT2D eigenvalue weighted by molar-refractivity contribution is 6.39. The molecule has 0 spiro atoms. The van der Waals surface area contributed by atoms with Gasteiger partial charge in [0.05, 0.1) is 22.2 Å². The molecule has 0 radical (unpaired) electrons. The first kappa shape index (κ1) is 21.2. The number of urea groups is 1. The normalized spacial score (nSPS) is 29.5. The third-order valence-electron chi connectivity index (χ3n) is 7.00. The number of halogens is 2. The Labute approximate surface area is 184 Å². The van der Waals surface area contributed by atoms with Gasteiger partial charge in [-0.15, -0.1) is 0 Å². The number of aliphatic carboxylic acids is 1. The largest absolute Gasteiger partial charge is 0.480 e. The SMILES string of the molecule is O=C(NC[C@@H]1C2CC3CC(C2)C1C3)NC[C@H](NC(=O)c1c(Cl)cccc1Cl)C(=O)O. The minimum atomic E-state index is -1.31. The van der Waals surface area contributed by atoms with Crippen LogP contribution in [0.15, 0.2) is 18.2 Å². The Balaban J connectivity index is 1.27. The molecule has 9 heteroatoms. The van der Waals surface area contributed by atoms with Crippen molar-refractivity contribution in [2.75, 3.05) is 13.1 Å². The molecular formula is C21H25Cl2N3O4. The van der Waals surface area contributed by atoms with E-state index < -0.39 is 23.9 Å². The molecule has 4 bridgehead atoms. The van der Waals surface area contributed by atoms with Gasteiger partial charge in [-0.3, -0.25) is 4.79 Å². The van der Waals surface area contributed by atoms with E-state index in [9.17, 15) is 19.5 Å². The van der Waals surface area contributed by atoms with Crippen LogP contribution in [0.25, 0.3) is 0 Å². The lowest BCUT2D eigenvalue weighted by molar-refractivity contribution is -0.139. The van der Waals surface area contributed by atoms with Crippen molar-refractivity contribution in [3.63, 3.8) is 0 Å². The zero-order valence-electron chi connectivity index (χ0n) is 16.4. The smallest absolute Gasteiger partial charge is 0.328 e. The average Bonchev–Trinajstić information content (AvgIpc) is 3.10. The average molecular weight is 454 g/mol. The highest BCUT2D eigenvalue weighted by Gasteiger charge is 2.53. The lowest BCUT2D eigenvalue weighted by Gasteiger charge is -2.32. The molecular weight excluding hydrogens is 429 g/mol. The maximum absolute atomic E-state index is 12.4. The Bertz CT molecular complexity index is 840. The van der Waals surface area contributed by atoms with Crippen LogP contribution in [0.5, 0.6) is 0 Å². The number of rotatable bonds is 7. The number of carboxylic acids is 1. The summed E-state index contributed by atoms with van der Waals surface area (Å²) < 4.78 is 0. The van der Waals surface area contributed by atoms with Crippen LogP contribution in [0, 0.1) is 29.6 Å². The summed E-state index contributed by atoms with van der Waals surface area (Å²) in [5.74, 6) is 1.69. The quantitative estimate of drug-likeness (QED) is 0.508. The van der Waals surface area contributed by atoms with Crippen LogP contribution in [0.4, 0.5) is 4.79 Å². The summed E-state index contributed by atoms with van der Waals surface area (Å²) in [5.41, 5.74) is 0.00249. The summed E-state index contributed by atoms with van der Waals surface area (Å²) >= 11 is 12.0. The van der Waals surface area contributed by atoms with E-state index in [1.54, 1.807) is 6.07 Å². The van der Waals surface area contributed by atoms with Crippen LogP contribution in [-0.2, 0) is 4.79 Å². The predicted molar refractivity (Wildman–Crippen MR) is 113 cm³/mol. The molecule has 30 heavy (non-hydrogen) atoms. The van der Waals surface area contributed by atoms with Gasteiger partial charge in [-0.1, -0.05) is 29.3 Å². The fourth-order valence-electron chi connectivity index (χ4n) is 5.81. The molecule has 1 aromatic carbocycles. The van der Waals surface area contributed by atoms with Gasteiger partial charge in [-0.25, -0.2) is 9.59 Å². The molecule has 5 rings (SSSR count). The van der Waals surface area contributed by atoms with E-state index >= 15 is 0 Å². The third-order valence-corrected chi connectivity index (χ3v) is 7.63. The van der Waals surface area contributed by atoms with Crippen LogP contribution in [-0.4, -0.2) is 42.1 Å². The van der Waals surface area contributed by atoms with Gasteiger partial charge < -0.3 is 21.1 Å². The van der Waals surface area contributed by atoms with Crippen LogP contribution < -0.4 is 16.0 Å². The monoisotopic (exact) mass is 453 g/mol. The zero-order valence-corrected chi connectivity index (χ0v) is 17.9. The molecule has 7 nitrogen and oxygen atoms in total. The second-order valence-corrected chi connectivity index (χ2v) is 9.52. The number of benzene rings is 1. The van der Waals surface area contributed by atoms with E-state index in [4.69, 9.17) is 23.2 Å². The van der Waals surface area contributed by atoms with E-state index in [1.807, 2.05) is 0 Å². The van der Waals surface area contributed by atoms with Gasteiger partial charge in [0.1, 0.15) is 6.04 Å². The Hall–Kier alpha value is -1.99. The maximum Gasteiger partial charge on any atom is 0.328 e. The number of amides is 3. The number of hydrogen-bond acceptors (Lipinski definition) is 3. The van der Waals surface area contributed by atoms with Crippen LogP contribution in [0.3, 0.4) is 0 Å². The fraction of sp³-hybridized carbons (Fsp3) is 0.571. The molecule has 1 aromatic rings. The summed E-state index contributed by atoms with van der Waals surface area (Å²) in [7, 11) is 0. The van der Waals surface area contributed by atoms with E-state index in [0.29, 0.717) is 18.4 Å². The minimum Gasteiger partial charge on any atom is -0.480 e. The summed E-state index contributed by atoms with van der Waals surface area (Å²) in [6.07, 6.45) is 5.19. The highest BCUT2D eigenvalue weighted by Crippen LogP contribution is 2.60. The van der Waals surface area contributed by atoms with Gasteiger partial charge in [0, 0.05) is 6.54 Å². The number of carbonyl (C=O) groups is 3. The summed E-state index contributed by atoms with van der Waals surface area (Å²) in [5, 5.41) is 17.5. The lowest BCUT2D eigenvalue weighted by Crippen LogP contribution is -2.51. The first-order valence-corrected chi connectivity index (χ1v) is 11.1. The molecule has 0 aromatic heterocycles.